The van der Waals surface area contributed by atoms with E-state index in [0.717, 1.165) is 18.4 Å². The molecule has 0 aromatic heterocycles. The van der Waals surface area contributed by atoms with Crippen molar-refractivity contribution >= 4 is 5.97 Å². The first-order valence-electron chi connectivity index (χ1n) is 7.16. The van der Waals surface area contributed by atoms with Gasteiger partial charge in [0, 0.05) is 5.57 Å². The number of esters is 1. The van der Waals surface area contributed by atoms with E-state index >= 15 is 0 Å². The fourth-order valence-corrected chi connectivity index (χ4v) is 2.69. The summed E-state index contributed by atoms with van der Waals surface area (Å²) in [6.45, 7) is 9.43. The van der Waals surface area contributed by atoms with E-state index in [1.54, 1.807) is 6.08 Å². The highest BCUT2D eigenvalue weighted by molar-refractivity contribution is 5.67. The number of aliphatic hydroxyl groups excluding tert-OH is 1. The van der Waals surface area contributed by atoms with Crippen LogP contribution in [0.5, 0.6) is 0 Å². The van der Waals surface area contributed by atoms with Gasteiger partial charge >= 0.3 is 12.3 Å². The van der Waals surface area contributed by atoms with Crippen molar-refractivity contribution in [2.75, 3.05) is 0 Å². The molecule has 4 heteroatoms. The summed E-state index contributed by atoms with van der Waals surface area (Å²) in [5, 5.41) is 10.4. The second kappa shape index (κ2) is 6.31. The number of hydrogen-bond donors (Lipinski definition) is 1. The largest absolute Gasteiger partial charge is 0.512 e. The molecule has 2 aliphatic rings. The molecule has 0 aromatic carbocycles. The van der Waals surface area contributed by atoms with Crippen LogP contribution in [0.4, 0.5) is 0 Å². The van der Waals surface area contributed by atoms with Crippen LogP contribution in [0.2, 0.25) is 0 Å². The van der Waals surface area contributed by atoms with Gasteiger partial charge in [-0.1, -0.05) is 29.9 Å². The summed E-state index contributed by atoms with van der Waals surface area (Å²) in [5.41, 5.74) is 2.82. The number of allylic oxidation sites excluding steroid dienone is 4. The highest BCUT2D eigenvalue weighted by Gasteiger charge is 2.45. The van der Waals surface area contributed by atoms with Gasteiger partial charge in [0.2, 0.25) is 0 Å². The van der Waals surface area contributed by atoms with Gasteiger partial charge in [-0.05, 0) is 32.8 Å². The van der Waals surface area contributed by atoms with Crippen LogP contribution in [-0.2, 0) is 9.47 Å². The minimum absolute atomic E-state index is 0.176. The Morgan fingerprint density at radius 1 is 1.48 bits per heavy atom. The van der Waals surface area contributed by atoms with E-state index in [9.17, 15) is 9.90 Å². The number of aliphatic hydroxyl groups is 1. The molecule has 0 aromatic rings. The first kappa shape index (κ1) is 15.6. The summed E-state index contributed by atoms with van der Waals surface area (Å²) < 4.78 is 11.0. The molecule has 3 atom stereocenters. The molecule has 114 valence electrons. The summed E-state index contributed by atoms with van der Waals surface area (Å²) in [4.78, 5) is 9.30. The Morgan fingerprint density at radius 2 is 2.19 bits per heavy atom. The summed E-state index contributed by atoms with van der Waals surface area (Å²) in [6.07, 6.45) is 6.66. The van der Waals surface area contributed by atoms with Crippen LogP contribution in [0, 0.1) is 5.92 Å². The van der Waals surface area contributed by atoms with Gasteiger partial charge in [-0.25, -0.2) is 0 Å². The molecule has 0 radical (unpaired) electrons. The van der Waals surface area contributed by atoms with Crippen LogP contribution in [-0.4, -0.2) is 28.3 Å². The molecule has 0 saturated carbocycles. The molecule has 2 N–H and O–H groups in total. The highest BCUT2D eigenvalue weighted by atomic mass is 16.7. The lowest BCUT2D eigenvalue weighted by molar-refractivity contribution is -0.0599. The molecule has 1 heterocycles. The highest BCUT2D eigenvalue weighted by Crippen LogP contribution is 2.38. The van der Waals surface area contributed by atoms with Gasteiger partial charge < -0.3 is 14.6 Å². The van der Waals surface area contributed by atoms with Gasteiger partial charge in [-0.3, -0.25) is 4.74 Å². The van der Waals surface area contributed by atoms with E-state index in [0.29, 0.717) is 5.57 Å². The first-order chi connectivity index (χ1) is 9.88. The number of carbonyl (C=O) groups excluding carboxylic acids is 1. The maximum absolute atomic E-state index is 10.4. The lowest BCUT2D eigenvalue weighted by Crippen LogP contribution is -2.17. The van der Waals surface area contributed by atoms with Gasteiger partial charge in [0.1, 0.15) is 5.76 Å². The maximum atomic E-state index is 10.4. The van der Waals surface area contributed by atoms with E-state index < -0.39 is 6.29 Å². The fourth-order valence-electron chi connectivity index (χ4n) is 2.69. The minimum Gasteiger partial charge on any atom is -0.512 e. The Hall–Kier alpha value is -1.81. The van der Waals surface area contributed by atoms with Crippen LogP contribution in [0.3, 0.4) is 0 Å². The maximum Gasteiger partial charge on any atom is 0.482 e. The molecular weight excluding hydrogens is 268 g/mol. The predicted octanol–water partition coefficient (Wildman–Crippen LogP) is 3.55. The molecule has 4 nitrogen and oxygen atoms in total. The van der Waals surface area contributed by atoms with Crippen molar-refractivity contribution in [3.05, 3.63) is 47.3 Å². The van der Waals surface area contributed by atoms with Gasteiger partial charge in [-0.15, -0.1) is 0 Å². The summed E-state index contributed by atoms with van der Waals surface area (Å²) >= 11 is 0. The van der Waals surface area contributed by atoms with Crippen molar-refractivity contribution in [2.45, 2.75) is 46.0 Å². The second-order valence-electron chi connectivity index (χ2n) is 5.69. The molecule has 21 heavy (non-hydrogen) atoms. The molecule has 0 spiro atoms. The first-order valence-corrected chi connectivity index (χ1v) is 7.16. The Bertz CT molecular complexity index is 539. The topological polar surface area (TPSA) is 60.1 Å². The molecular formula is C17H23O4+. The van der Waals surface area contributed by atoms with Crippen LogP contribution >= 0.6 is 0 Å². The van der Waals surface area contributed by atoms with Gasteiger partial charge in [0.25, 0.3) is 0 Å². The molecule has 1 fully saturated rings. The summed E-state index contributed by atoms with van der Waals surface area (Å²) in [5.74, 6) is -0.317. The van der Waals surface area contributed by atoms with E-state index in [1.807, 2.05) is 19.9 Å². The molecule has 2 rings (SSSR count). The molecule has 1 unspecified atom stereocenters. The average molecular weight is 291 g/mol. The van der Waals surface area contributed by atoms with Gasteiger partial charge in [0.05, 0.1) is 18.9 Å². The second-order valence-corrected chi connectivity index (χ2v) is 5.69. The lowest BCUT2D eigenvalue weighted by atomic mass is 9.91. The average Bonchev–Trinajstić information content (AvgIpc) is 2.64. The zero-order valence-corrected chi connectivity index (χ0v) is 12.8. The Kier molecular flexibility index (Phi) is 4.68. The summed E-state index contributed by atoms with van der Waals surface area (Å²) in [6, 6.07) is 0. The monoisotopic (exact) mass is 291 g/mol. The molecule has 0 bridgehead atoms. The van der Waals surface area contributed by atoms with Crippen LogP contribution < -0.4 is 0 Å². The van der Waals surface area contributed by atoms with Crippen molar-refractivity contribution in [2.24, 2.45) is 5.92 Å². The molecule has 1 saturated heterocycles. The molecule has 1 aliphatic heterocycles. The Balaban J connectivity index is 2.37. The smallest absolute Gasteiger partial charge is 0.482 e. The van der Waals surface area contributed by atoms with Crippen molar-refractivity contribution in [3.63, 3.8) is 0 Å². The van der Waals surface area contributed by atoms with Crippen molar-refractivity contribution < 1.29 is 19.4 Å². The van der Waals surface area contributed by atoms with E-state index in [-0.39, 0.29) is 23.8 Å². The predicted molar refractivity (Wildman–Crippen MR) is 82.5 cm³/mol. The van der Waals surface area contributed by atoms with E-state index in [4.69, 9.17) is 9.47 Å². The standard InChI is InChI=1S/C17H22O4/c1-10-6-5-7-11(2)9-15-16(14(19)8-10)12(3)17(21-15)20-13(4)18/h6,8-9,15-17,19H,3,5,7H2,1-2,4H3/p+1/b10-6+,11-9+,14-8+/t15-,16-,17?/m1/s1. The Morgan fingerprint density at radius 3 is 2.86 bits per heavy atom. The lowest BCUT2D eigenvalue weighted by Gasteiger charge is -2.16. The molecule has 0 amide bonds. The third-order valence-corrected chi connectivity index (χ3v) is 3.74. The summed E-state index contributed by atoms with van der Waals surface area (Å²) in [7, 11) is 0. The van der Waals surface area contributed by atoms with Crippen LogP contribution in [0.15, 0.2) is 47.3 Å². The number of fused-ring (bicyclic) bond motifs is 1. The number of rotatable bonds is 1. The normalized spacial score (nSPS) is 37.4. The number of hydrogen-bond acceptors (Lipinski definition) is 3. The quantitative estimate of drug-likeness (QED) is 0.456. The third-order valence-electron chi connectivity index (χ3n) is 3.74. The van der Waals surface area contributed by atoms with Crippen molar-refractivity contribution in [3.8, 4) is 0 Å². The van der Waals surface area contributed by atoms with Crippen LogP contribution in [0.25, 0.3) is 0 Å². The zero-order chi connectivity index (χ0) is 15.6. The van der Waals surface area contributed by atoms with Crippen molar-refractivity contribution in [1.82, 2.24) is 0 Å². The fraction of sp³-hybridized carbons (Fsp3) is 0.471. The molecule has 1 aliphatic carbocycles. The third kappa shape index (κ3) is 3.64. The zero-order valence-electron chi connectivity index (χ0n) is 12.8. The van der Waals surface area contributed by atoms with Crippen molar-refractivity contribution in [1.29, 1.82) is 0 Å². The SMILES string of the molecule is C=C1C(OC(C)=[OH+])O[C@@H]2/C=C(\C)CC/C=C(C)/C=C(/O)[C@@H]12. The van der Waals surface area contributed by atoms with Crippen LogP contribution in [0.1, 0.15) is 33.6 Å². The Labute approximate surface area is 125 Å². The van der Waals surface area contributed by atoms with E-state index in [1.165, 1.54) is 12.5 Å². The number of ether oxygens (including phenoxy) is 2. The van der Waals surface area contributed by atoms with Gasteiger partial charge in [0.15, 0.2) is 0 Å². The van der Waals surface area contributed by atoms with E-state index in [2.05, 4.69) is 12.7 Å². The van der Waals surface area contributed by atoms with Gasteiger partial charge in [-0.2, -0.15) is 0 Å². The minimum atomic E-state index is -0.741.